The number of aryl methyl sites for hydroxylation is 1. The van der Waals surface area contributed by atoms with E-state index < -0.39 is 0 Å². The Kier molecular flexibility index (Phi) is 5.28. The lowest BCUT2D eigenvalue weighted by Crippen LogP contribution is -2.22. The second kappa shape index (κ2) is 7.18. The second-order valence-corrected chi connectivity index (χ2v) is 5.25. The lowest BCUT2D eigenvalue weighted by atomic mass is 10.2. The molecule has 0 spiro atoms. The average molecular weight is 288 g/mol. The molecule has 1 heterocycles. The lowest BCUT2D eigenvalue weighted by molar-refractivity contribution is 0.454. The molecule has 0 unspecified atom stereocenters. The third-order valence-corrected chi connectivity index (χ3v) is 3.01. The van der Waals surface area contributed by atoms with E-state index in [-0.39, 0.29) is 5.82 Å². The van der Waals surface area contributed by atoms with Crippen molar-refractivity contribution in [3.05, 3.63) is 53.5 Å². The maximum Gasteiger partial charge on any atom is 0.219 e. The van der Waals surface area contributed by atoms with E-state index in [2.05, 4.69) is 30.2 Å². The highest BCUT2D eigenvalue weighted by Gasteiger charge is 2.06. The minimum absolute atomic E-state index is 0.319. The minimum atomic E-state index is -0.319. The topological polar surface area (TPSA) is 34.1 Å². The molecule has 2 aromatic rings. The summed E-state index contributed by atoms with van der Waals surface area (Å²) in [6, 6.07) is 10.4. The molecule has 0 radical (unpaired) electrons. The maximum absolute atomic E-state index is 13.2. The van der Waals surface area contributed by atoms with Gasteiger partial charge in [0.15, 0.2) is 0 Å². The van der Waals surface area contributed by atoms with Gasteiger partial charge in [0, 0.05) is 30.4 Å². The molecule has 3 nitrogen and oxygen atoms in total. The molecule has 0 fully saturated rings. The number of nitrogens with zero attached hydrogens (tertiary/aromatic N) is 1. The monoisotopic (exact) mass is 288 g/mol. The van der Waals surface area contributed by atoms with Crippen molar-refractivity contribution in [1.29, 1.82) is 0 Å². The number of aromatic nitrogens is 1. The van der Waals surface area contributed by atoms with Crippen LogP contribution in [-0.2, 0) is 13.0 Å². The summed E-state index contributed by atoms with van der Waals surface area (Å²) in [6.45, 7) is 7.01. The molecular weight excluding hydrogens is 267 g/mol. The zero-order chi connectivity index (χ0) is 15.2. The zero-order valence-electron chi connectivity index (χ0n) is 12.7. The zero-order valence-corrected chi connectivity index (χ0v) is 12.7. The van der Waals surface area contributed by atoms with Gasteiger partial charge in [-0.3, -0.25) is 0 Å². The molecule has 0 saturated carbocycles. The van der Waals surface area contributed by atoms with Gasteiger partial charge in [0.1, 0.15) is 11.6 Å². The molecule has 0 saturated heterocycles. The summed E-state index contributed by atoms with van der Waals surface area (Å²) in [5, 5.41) is 3.37. The molecule has 1 aromatic carbocycles. The predicted octanol–water partition coefficient (Wildman–Crippen LogP) is 4.07. The van der Waals surface area contributed by atoms with Gasteiger partial charge < -0.3 is 10.1 Å². The SMILES string of the molecule is CCc1cc(CNC(C)C)cc(Oc2cccc(F)c2)n1. The van der Waals surface area contributed by atoms with Gasteiger partial charge in [-0.05, 0) is 30.2 Å². The number of hydrogen-bond donors (Lipinski definition) is 1. The molecule has 0 aliphatic heterocycles. The van der Waals surface area contributed by atoms with Crippen LogP contribution in [0.15, 0.2) is 36.4 Å². The van der Waals surface area contributed by atoms with Crippen molar-refractivity contribution in [2.24, 2.45) is 0 Å². The Labute approximate surface area is 125 Å². The molecular formula is C17H21FN2O. The van der Waals surface area contributed by atoms with E-state index in [1.54, 1.807) is 12.1 Å². The summed E-state index contributed by atoms with van der Waals surface area (Å²) in [6.07, 6.45) is 0.828. The third-order valence-electron chi connectivity index (χ3n) is 3.01. The largest absolute Gasteiger partial charge is 0.439 e. The van der Waals surface area contributed by atoms with Crippen molar-refractivity contribution in [1.82, 2.24) is 10.3 Å². The smallest absolute Gasteiger partial charge is 0.219 e. The Hall–Kier alpha value is -1.94. The number of pyridine rings is 1. The molecule has 0 amide bonds. The van der Waals surface area contributed by atoms with Gasteiger partial charge in [0.2, 0.25) is 5.88 Å². The molecule has 2 rings (SSSR count). The highest BCUT2D eigenvalue weighted by atomic mass is 19.1. The van der Waals surface area contributed by atoms with Crippen molar-refractivity contribution in [2.75, 3.05) is 0 Å². The number of hydrogen-bond acceptors (Lipinski definition) is 3. The Morgan fingerprint density at radius 1 is 1.24 bits per heavy atom. The number of nitrogens with one attached hydrogen (secondary N) is 1. The van der Waals surface area contributed by atoms with Crippen LogP contribution in [0.25, 0.3) is 0 Å². The second-order valence-electron chi connectivity index (χ2n) is 5.25. The maximum atomic E-state index is 13.2. The fourth-order valence-electron chi connectivity index (χ4n) is 1.93. The molecule has 0 atom stereocenters. The summed E-state index contributed by atoms with van der Waals surface area (Å²) < 4.78 is 18.9. The van der Waals surface area contributed by atoms with Gasteiger partial charge in [0.25, 0.3) is 0 Å². The van der Waals surface area contributed by atoms with E-state index in [9.17, 15) is 4.39 Å². The van der Waals surface area contributed by atoms with Crippen molar-refractivity contribution in [3.63, 3.8) is 0 Å². The lowest BCUT2D eigenvalue weighted by Gasteiger charge is -2.11. The van der Waals surface area contributed by atoms with Crippen molar-refractivity contribution in [2.45, 2.75) is 39.8 Å². The quantitative estimate of drug-likeness (QED) is 0.870. The highest BCUT2D eigenvalue weighted by molar-refractivity contribution is 5.31. The van der Waals surface area contributed by atoms with Crippen LogP contribution in [0.4, 0.5) is 4.39 Å². The molecule has 4 heteroatoms. The third kappa shape index (κ3) is 4.83. The van der Waals surface area contributed by atoms with Crippen LogP contribution < -0.4 is 10.1 Å². The highest BCUT2D eigenvalue weighted by Crippen LogP contribution is 2.22. The van der Waals surface area contributed by atoms with E-state index in [1.165, 1.54) is 12.1 Å². The van der Waals surface area contributed by atoms with E-state index in [4.69, 9.17) is 4.74 Å². The van der Waals surface area contributed by atoms with Crippen LogP contribution in [-0.4, -0.2) is 11.0 Å². The van der Waals surface area contributed by atoms with Crippen LogP contribution in [0, 0.1) is 5.82 Å². The molecule has 0 aliphatic rings. The van der Waals surface area contributed by atoms with Gasteiger partial charge in [-0.1, -0.05) is 26.8 Å². The molecule has 0 aliphatic carbocycles. The van der Waals surface area contributed by atoms with Crippen molar-refractivity contribution < 1.29 is 9.13 Å². The fraction of sp³-hybridized carbons (Fsp3) is 0.353. The summed E-state index contributed by atoms with van der Waals surface area (Å²) in [7, 11) is 0. The first-order valence-corrected chi connectivity index (χ1v) is 7.23. The van der Waals surface area contributed by atoms with Crippen LogP contribution in [0.1, 0.15) is 32.0 Å². The predicted molar refractivity (Wildman–Crippen MR) is 82.1 cm³/mol. The van der Waals surface area contributed by atoms with Gasteiger partial charge in [0.05, 0.1) is 0 Å². The molecule has 1 N–H and O–H groups in total. The first-order valence-electron chi connectivity index (χ1n) is 7.23. The Bertz CT molecular complexity index is 599. The van der Waals surface area contributed by atoms with Gasteiger partial charge in [-0.15, -0.1) is 0 Å². The van der Waals surface area contributed by atoms with Gasteiger partial charge in [-0.25, -0.2) is 9.37 Å². The first-order chi connectivity index (χ1) is 10.1. The number of ether oxygens (including phenoxy) is 1. The minimum Gasteiger partial charge on any atom is -0.439 e. The van der Waals surface area contributed by atoms with E-state index >= 15 is 0 Å². The normalized spacial score (nSPS) is 10.9. The van der Waals surface area contributed by atoms with Gasteiger partial charge >= 0.3 is 0 Å². The molecule has 112 valence electrons. The van der Waals surface area contributed by atoms with Gasteiger partial charge in [-0.2, -0.15) is 0 Å². The van der Waals surface area contributed by atoms with E-state index in [0.29, 0.717) is 17.7 Å². The van der Waals surface area contributed by atoms with Crippen molar-refractivity contribution in [3.8, 4) is 11.6 Å². The number of benzene rings is 1. The Morgan fingerprint density at radius 3 is 2.71 bits per heavy atom. The van der Waals surface area contributed by atoms with Crippen LogP contribution in [0.3, 0.4) is 0 Å². The van der Waals surface area contributed by atoms with E-state index in [0.717, 1.165) is 24.2 Å². The summed E-state index contributed by atoms with van der Waals surface area (Å²) in [4.78, 5) is 4.43. The Balaban J connectivity index is 2.19. The van der Waals surface area contributed by atoms with Crippen LogP contribution >= 0.6 is 0 Å². The molecule has 0 bridgehead atoms. The molecule has 21 heavy (non-hydrogen) atoms. The Morgan fingerprint density at radius 2 is 2.05 bits per heavy atom. The summed E-state index contributed by atoms with van der Waals surface area (Å²) >= 11 is 0. The number of halogens is 1. The molecule has 1 aromatic heterocycles. The average Bonchev–Trinajstić information content (AvgIpc) is 2.45. The van der Waals surface area contributed by atoms with Crippen LogP contribution in [0.5, 0.6) is 11.6 Å². The fourth-order valence-corrected chi connectivity index (χ4v) is 1.93. The summed E-state index contributed by atoms with van der Waals surface area (Å²) in [5.41, 5.74) is 2.08. The van der Waals surface area contributed by atoms with E-state index in [1.807, 2.05) is 13.0 Å². The first kappa shape index (κ1) is 15.4. The summed E-state index contributed by atoms with van der Waals surface area (Å²) in [5.74, 6) is 0.639. The van der Waals surface area contributed by atoms with Crippen LogP contribution in [0.2, 0.25) is 0 Å². The van der Waals surface area contributed by atoms with Crippen molar-refractivity contribution >= 4 is 0 Å². The number of rotatable bonds is 6. The standard InChI is InChI=1S/C17H21FN2O/c1-4-15-8-13(11-19-12(2)3)9-17(20-15)21-16-7-5-6-14(18)10-16/h5-10,12,19H,4,11H2,1-3H3.